The Morgan fingerprint density at radius 2 is 2.05 bits per heavy atom. The molecule has 2 aromatic rings. The molecule has 0 aliphatic rings. The summed E-state index contributed by atoms with van der Waals surface area (Å²) >= 11 is 5.87. The van der Waals surface area contributed by atoms with E-state index in [1.54, 1.807) is 12.1 Å². The monoisotopic (exact) mass is 312 g/mol. The fraction of sp³-hybridized carbons (Fsp3) is 0.200. The fourth-order valence-electron chi connectivity index (χ4n) is 2.13. The maximum atomic E-state index is 14.2. The van der Waals surface area contributed by atoms with Crippen molar-refractivity contribution >= 4 is 11.6 Å². The van der Waals surface area contributed by atoms with Gasteiger partial charge in [-0.1, -0.05) is 23.7 Å². The summed E-state index contributed by atoms with van der Waals surface area (Å²) in [6, 6.07) is 8.35. The van der Waals surface area contributed by atoms with Gasteiger partial charge in [-0.25, -0.2) is 8.78 Å². The van der Waals surface area contributed by atoms with E-state index in [0.717, 1.165) is 0 Å². The van der Waals surface area contributed by atoms with Crippen molar-refractivity contribution in [3.63, 3.8) is 0 Å². The quantitative estimate of drug-likeness (QED) is 0.657. The average Bonchev–Trinajstić information content (AvgIpc) is 2.49. The van der Waals surface area contributed by atoms with Crippen molar-refractivity contribution in [1.29, 1.82) is 0 Å². The highest BCUT2D eigenvalue weighted by atomic mass is 35.5. The number of benzene rings is 2. The second-order valence-corrected chi connectivity index (χ2v) is 4.96. The van der Waals surface area contributed by atoms with Gasteiger partial charge in [-0.2, -0.15) is 0 Å². The molecule has 0 heterocycles. The zero-order valence-electron chi connectivity index (χ0n) is 11.4. The van der Waals surface area contributed by atoms with Crippen LogP contribution in [-0.2, 0) is 6.42 Å². The van der Waals surface area contributed by atoms with Gasteiger partial charge >= 0.3 is 0 Å². The van der Waals surface area contributed by atoms with Gasteiger partial charge in [-0.3, -0.25) is 11.3 Å². The first-order chi connectivity index (χ1) is 10.1. The molecule has 0 amide bonds. The van der Waals surface area contributed by atoms with E-state index in [-0.39, 0.29) is 17.7 Å². The standard InChI is InChI=1S/C15H15ClF2N2O/c1-21-14-4-2-3-9(15(14)18)7-13(20-19)11-8-10(16)5-6-12(11)17/h2-6,8,13,20H,7,19H2,1H3. The highest BCUT2D eigenvalue weighted by Crippen LogP contribution is 2.27. The Balaban J connectivity index is 2.33. The lowest BCUT2D eigenvalue weighted by Gasteiger charge is -2.18. The van der Waals surface area contributed by atoms with Gasteiger partial charge in [0.1, 0.15) is 5.82 Å². The molecule has 0 saturated heterocycles. The molecule has 0 aromatic heterocycles. The third-order valence-corrected chi connectivity index (χ3v) is 3.46. The zero-order chi connectivity index (χ0) is 15.4. The number of ether oxygens (including phenoxy) is 1. The summed E-state index contributed by atoms with van der Waals surface area (Å²) in [6.45, 7) is 0. The lowest BCUT2D eigenvalue weighted by Crippen LogP contribution is -2.30. The smallest absolute Gasteiger partial charge is 0.168 e. The van der Waals surface area contributed by atoms with Crippen molar-refractivity contribution in [3.05, 3.63) is 64.2 Å². The van der Waals surface area contributed by atoms with E-state index in [1.165, 1.54) is 31.4 Å². The molecule has 0 fully saturated rings. The SMILES string of the molecule is COc1cccc(CC(NN)c2cc(Cl)ccc2F)c1F. The van der Waals surface area contributed by atoms with E-state index in [4.69, 9.17) is 22.2 Å². The first-order valence-electron chi connectivity index (χ1n) is 6.29. The van der Waals surface area contributed by atoms with E-state index in [9.17, 15) is 8.78 Å². The normalized spacial score (nSPS) is 12.2. The zero-order valence-corrected chi connectivity index (χ0v) is 12.1. The molecule has 0 aliphatic carbocycles. The largest absolute Gasteiger partial charge is 0.494 e. The minimum atomic E-state index is -0.606. The molecule has 6 heteroatoms. The predicted molar refractivity (Wildman–Crippen MR) is 78.1 cm³/mol. The number of rotatable bonds is 5. The molecule has 3 nitrogen and oxygen atoms in total. The Morgan fingerprint density at radius 3 is 2.71 bits per heavy atom. The topological polar surface area (TPSA) is 47.3 Å². The molecule has 2 aromatic carbocycles. The van der Waals surface area contributed by atoms with Crippen LogP contribution in [0.2, 0.25) is 5.02 Å². The van der Waals surface area contributed by atoms with E-state index < -0.39 is 17.7 Å². The van der Waals surface area contributed by atoms with Crippen molar-refractivity contribution in [2.45, 2.75) is 12.5 Å². The van der Waals surface area contributed by atoms with Crippen molar-refractivity contribution in [1.82, 2.24) is 5.43 Å². The first kappa shape index (κ1) is 15.7. The van der Waals surface area contributed by atoms with E-state index >= 15 is 0 Å². The Morgan fingerprint density at radius 1 is 1.29 bits per heavy atom. The van der Waals surface area contributed by atoms with Gasteiger partial charge in [-0.05, 0) is 36.2 Å². The molecular formula is C15H15ClF2N2O. The lowest BCUT2D eigenvalue weighted by atomic mass is 9.98. The summed E-state index contributed by atoms with van der Waals surface area (Å²) in [5, 5.41) is 0.387. The van der Waals surface area contributed by atoms with Gasteiger partial charge in [0.25, 0.3) is 0 Å². The minimum absolute atomic E-state index is 0.134. The average molecular weight is 313 g/mol. The Labute approximate surface area is 126 Å². The van der Waals surface area contributed by atoms with Crippen LogP contribution < -0.4 is 16.0 Å². The van der Waals surface area contributed by atoms with Crippen LogP contribution in [0.4, 0.5) is 8.78 Å². The van der Waals surface area contributed by atoms with Gasteiger partial charge in [-0.15, -0.1) is 0 Å². The molecule has 0 saturated carbocycles. The summed E-state index contributed by atoms with van der Waals surface area (Å²) in [5.41, 5.74) is 3.15. The van der Waals surface area contributed by atoms with E-state index in [0.29, 0.717) is 10.6 Å². The van der Waals surface area contributed by atoms with E-state index in [1.807, 2.05) is 0 Å². The van der Waals surface area contributed by atoms with E-state index in [2.05, 4.69) is 5.43 Å². The second-order valence-electron chi connectivity index (χ2n) is 4.52. The molecule has 1 atom stereocenters. The molecule has 0 aliphatic heterocycles. The number of nitrogens with two attached hydrogens (primary N) is 1. The summed E-state index contributed by atoms with van der Waals surface area (Å²) < 4.78 is 33.0. The number of hydrogen-bond donors (Lipinski definition) is 2. The van der Waals surface area contributed by atoms with Crippen molar-refractivity contribution in [2.75, 3.05) is 7.11 Å². The van der Waals surface area contributed by atoms with Gasteiger partial charge in [0.05, 0.1) is 13.2 Å². The lowest BCUT2D eigenvalue weighted by molar-refractivity contribution is 0.382. The molecule has 0 radical (unpaired) electrons. The predicted octanol–water partition coefficient (Wildman–Crippen LogP) is 3.37. The van der Waals surface area contributed by atoms with Crippen molar-refractivity contribution < 1.29 is 13.5 Å². The molecular weight excluding hydrogens is 298 g/mol. The number of methoxy groups -OCH3 is 1. The Hall–Kier alpha value is -1.69. The maximum absolute atomic E-state index is 14.2. The Bertz CT molecular complexity index is 637. The van der Waals surface area contributed by atoms with Crippen LogP contribution in [0.1, 0.15) is 17.2 Å². The number of halogens is 3. The van der Waals surface area contributed by atoms with Crippen LogP contribution in [0.25, 0.3) is 0 Å². The molecule has 21 heavy (non-hydrogen) atoms. The highest BCUT2D eigenvalue weighted by Gasteiger charge is 2.18. The van der Waals surface area contributed by atoms with Crippen molar-refractivity contribution in [2.24, 2.45) is 5.84 Å². The van der Waals surface area contributed by atoms with Gasteiger partial charge in [0.2, 0.25) is 0 Å². The van der Waals surface area contributed by atoms with Crippen molar-refractivity contribution in [3.8, 4) is 5.75 Å². The van der Waals surface area contributed by atoms with Crippen LogP contribution in [0, 0.1) is 11.6 Å². The third kappa shape index (κ3) is 3.50. The fourth-order valence-corrected chi connectivity index (χ4v) is 2.31. The molecule has 3 N–H and O–H groups in total. The third-order valence-electron chi connectivity index (χ3n) is 3.22. The Kier molecular flexibility index (Phi) is 5.12. The summed E-state index contributed by atoms with van der Waals surface area (Å²) in [4.78, 5) is 0. The maximum Gasteiger partial charge on any atom is 0.168 e. The van der Waals surface area contributed by atoms with Crippen LogP contribution in [-0.4, -0.2) is 7.11 Å². The number of nitrogens with one attached hydrogen (secondary N) is 1. The molecule has 2 rings (SSSR count). The molecule has 0 spiro atoms. The summed E-state index contributed by atoms with van der Waals surface area (Å²) in [5.74, 6) is 4.68. The molecule has 0 bridgehead atoms. The first-order valence-corrected chi connectivity index (χ1v) is 6.67. The second kappa shape index (κ2) is 6.85. The number of hydrazine groups is 1. The van der Waals surface area contributed by atoms with Gasteiger partial charge in [0, 0.05) is 10.6 Å². The molecule has 1 unspecified atom stereocenters. The highest BCUT2D eigenvalue weighted by molar-refractivity contribution is 6.30. The summed E-state index contributed by atoms with van der Waals surface area (Å²) in [7, 11) is 1.39. The van der Waals surface area contributed by atoms with Gasteiger partial charge < -0.3 is 4.74 Å². The molecule has 112 valence electrons. The summed E-state index contributed by atoms with van der Waals surface area (Å²) in [6.07, 6.45) is 0.163. The number of hydrogen-bond acceptors (Lipinski definition) is 3. The van der Waals surface area contributed by atoms with Gasteiger partial charge in [0.15, 0.2) is 11.6 Å². The van der Waals surface area contributed by atoms with Crippen LogP contribution in [0.3, 0.4) is 0 Å². The van der Waals surface area contributed by atoms with Crippen LogP contribution in [0.5, 0.6) is 5.75 Å². The van der Waals surface area contributed by atoms with Crippen LogP contribution >= 0.6 is 11.6 Å². The minimum Gasteiger partial charge on any atom is -0.494 e. The van der Waals surface area contributed by atoms with Crippen LogP contribution in [0.15, 0.2) is 36.4 Å².